The van der Waals surface area contributed by atoms with E-state index >= 15 is 0 Å². The number of hydrogen-bond donors (Lipinski definition) is 0. The predicted molar refractivity (Wildman–Crippen MR) is 110 cm³/mol. The standard InChI is InChI=1S/C21H29FN4OS/c1-25-12-3-2-5-18(25)11-14-28-21-24-23-20(16-7-9-17(22)10-8-16)26(21)15-19-6-4-13-27-19/h7-10,18-19H,2-6,11-15H2,1H3. The summed E-state index contributed by atoms with van der Waals surface area (Å²) >= 11 is 1.78. The molecule has 0 radical (unpaired) electrons. The fourth-order valence-electron chi connectivity index (χ4n) is 4.16. The molecule has 2 aliphatic rings. The number of hydrogen-bond acceptors (Lipinski definition) is 5. The van der Waals surface area contributed by atoms with Crippen molar-refractivity contribution in [2.45, 2.75) is 62.4 Å². The number of likely N-dealkylation sites (tertiary alicyclic amines) is 1. The highest BCUT2D eigenvalue weighted by Crippen LogP contribution is 2.28. The molecule has 1 aromatic heterocycles. The Kier molecular flexibility index (Phi) is 6.65. The molecule has 3 heterocycles. The molecule has 28 heavy (non-hydrogen) atoms. The molecule has 2 atom stereocenters. The maximum Gasteiger partial charge on any atom is 0.191 e. The first kappa shape index (κ1) is 19.9. The van der Waals surface area contributed by atoms with Crippen LogP contribution in [0.1, 0.15) is 38.5 Å². The molecule has 0 amide bonds. The molecule has 0 N–H and O–H groups in total. The van der Waals surface area contributed by atoms with Gasteiger partial charge in [-0.05, 0) is 70.0 Å². The molecule has 152 valence electrons. The second kappa shape index (κ2) is 9.37. The molecule has 0 aliphatic carbocycles. The number of piperidine rings is 1. The second-order valence-corrected chi connectivity index (χ2v) is 8.89. The molecule has 4 rings (SSSR count). The van der Waals surface area contributed by atoms with Gasteiger partial charge >= 0.3 is 0 Å². The van der Waals surface area contributed by atoms with E-state index in [4.69, 9.17) is 4.74 Å². The van der Waals surface area contributed by atoms with Crippen molar-refractivity contribution in [3.63, 3.8) is 0 Å². The summed E-state index contributed by atoms with van der Waals surface area (Å²) in [6, 6.07) is 7.18. The minimum absolute atomic E-state index is 0.207. The van der Waals surface area contributed by atoms with Gasteiger partial charge in [0, 0.05) is 24.0 Å². The zero-order valence-electron chi connectivity index (χ0n) is 16.5. The third-order valence-electron chi connectivity index (χ3n) is 5.83. The van der Waals surface area contributed by atoms with Gasteiger partial charge < -0.3 is 9.64 Å². The van der Waals surface area contributed by atoms with Crippen LogP contribution in [0, 0.1) is 5.82 Å². The highest BCUT2D eigenvalue weighted by Gasteiger charge is 2.23. The lowest BCUT2D eigenvalue weighted by Gasteiger charge is -2.32. The fraction of sp³-hybridized carbons (Fsp3) is 0.619. The van der Waals surface area contributed by atoms with Crippen molar-refractivity contribution in [2.75, 3.05) is 26.0 Å². The van der Waals surface area contributed by atoms with Crippen LogP contribution in [0.2, 0.25) is 0 Å². The van der Waals surface area contributed by atoms with Crippen LogP contribution >= 0.6 is 11.8 Å². The van der Waals surface area contributed by atoms with Crippen molar-refractivity contribution >= 4 is 11.8 Å². The molecular weight excluding hydrogens is 375 g/mol. The molecule has 1 aromatic carbocycles. The Morgan fingerprint density at radius 3 is 2.75 bits per heavy atom. The monoisotopic (exact) mass is 404 g/mol. The van der Waals surface area contributed by atoms with Crippen LogP contribution in [0.3, 0.4) is 0 Å². The van der Waals surface area contributed by atoms with Crippen LogP contribution in [0.5, 0.6) is 0 Å². The van der Waals surface area contributed by atoms with E-state index in [2.05, 4.69) is 26.7 Å². The molecule has 5 nitrogen and oxygen atoms in total. The minimum atomic E-state index is -0.236. The van der Waals surface area contributed by atoms with Gasteiger partial charge in [-0.2, -0.15) is 0 Å². The number of ether oxygens (including phenoxy) is 1. The van der Waals surface area contributed by atoms with E-state index < -0.39 is 0 Å². The van der Waals surface area contributed by atoms with Crippen LogP contribution in [-0.4, -0.2) is 57.8 Å². The third kappa shape index (κ3) is 4.75. The van der Waals surface area contributed by atoms with Crippen molar-refractivity contribution in [3.8, 4) is 11.4 Å². The Labute approximate surface area is 170 Å². The summed E-state index contributed by atoms with van der Waals surface area (Å²) < 4.78 is 21.4. The molecule has 2 aliphatic heterocycles. The summed E-state index contributed by atoms with van der Waals surface area (Å²) in [5.41, 5.74) is 0.894. The molecule has 2 saturated heterocycles. The van der Waals surface area contributed by atoms with E-state index in [0.717, 1.165) is 48.3 Å². The lowest BCUT2D eigenvalue weighted by atomic mass is 10.0. The summed E-state index contributed by atoms with van der Waals surface area (Å²) in [6.07, 6.45) is 7.49. The molecular formula is C21H29FN4OS. The van der Waals surface area contributed by atoms with Crippen molar-refractivity contribution in [2.24, 2.45) is 0 Å². The van der Waals surface area contributed by atoms with E-state index in [1.165, 1.54) is 44.4 Å². The fourth-order valence-corrected chi connectivity index (χ4v) is 5.15. The van der Waals surface area contributed by atoms with Gasteiger partial charge in [-0.3, -0.25) is 4.57 Å². The Morgan fingerprint density at radius 1 is 1.14 bits per heavy atom. The molecule has 2 fully saturated rings. The van der Waals surface area contributed by atoms with Gasteiger partial charge in [-0.15, -0.1) is 10.2 Å². The SMILES string of the molecule is CN1CCCCC1CCSc1nnc(-c2ccc(F)cc2)n1CC1CCCO1. The third-order valence-corrected chi connectivity index (χ3v) is 6.83. The van der Waals surface area contributed by atoms with E-state index in [1.807, 2.05) is 0 Å². The van der Waals surface area contributed by atoms with Crippen molar-refractivity contribution in [1.29, 1.82) is 0 Å². The van der Waals surface area contributed by atoms with E-state index in [-0.39, 0.29) is 11.9 Å². The highest BCUT2D eigenvalue weighted by molar-refractivity contribution is 7.99. The summed E-state index contributed by atoms with van der Waals surface area (Å²) in [6.45, 7) is 2.79. The quantitative estimate of drug-likeness (QED) is 0.646. The molecule has 0 bridgehead atoms. The zero-order valence-corrected chi connectivity index (χ0v) is 17.3. The highest BCUT2D eigenvalue weighted by atomic mass is 32.2. The van der Waals surface area contributed by atoms with Crippen LogP contribution in [0.4, 0.5) is 4.39 Å². The van der Waals surface area contributed by atoms with Gasteiger partial charge in [-0.25, -0.2) is 4.39 Å². The first-order valence-corrected chi connectivity index (χ1v) is 11.3. The number of rotatable bonds is 7. The van der Waals surface area contributed by atoms with Crippen molar-refractivity contribution < 1.29 is 9.13 Å². The Bertz CT molecular complexity index is 760. The summed E-state index contributed by atoms with van der Waals surface area (Å²) in [5.74, 6) is 1.59. The number of halogens is 1. The smallest absolute Gasteiger partial charge is 0.191 e. The Hall–Kier alpha value is -1.44. The maximum atomic E-state index is 13.3. The second-order valence-electron chi connectivity index (χ2n) is 7.83. The van der Waals surface area contributed by atoms with Gasteiger partial charge in [0.05, 0.1) is 12.6 Å². The van der Waals surface area contributed by atoms with Gasteiger partial charge in [0.2, 0.25) is 0 Å². The molecule has 0 saturated carbocycles. The van der Waals surface area contributed by atoms with Gasteiger partial charge in [0.1, 0.15) is 5.82 Å². The van der Waals surface area contributed by atoms with Crippen LogP contribution in [0.15, 0.2) is 29.4 Å². The topological polar surface area (TPSA) is 43.2 Å². The minimum Gasteiger partial charge on any atom is -0.376 e. The first-order chi connectivity index (χ1) is 13.7. The summed E-state index contributed by atoms with van der Waals surface area (Å²) in [7, 11) is 2.24. The van der Waals surface area contributed by atoms with Gasteiger partial charge in [-0.1, -0.05) is 18.2 Å². The number of aromatic nitrogens is 3. The molecule has 2 unspecified atom stereocenters. The largest absolute Gasteiger partial charge is 0.376 e. The molecule has 2 aromatic rings. The van der Waals surface area contributed by atoms with Gasteiger partial charge in [0.25, 0.3) is 0 Å². The summed E-state index contributed by atoms with van der Waals surface area (Å²) in [4.78, 5) is 2.49. The Morgan fingerprint density at radius 2 is 2.00 bits per heavy atom. The van der Waals surface area contributed by atoms with Gasteiger partial charge in [0.15, 0.2) is 11.0 Å². The summed E-state index contributed by atoms with van der Waals surface area (Å²) in [5, 5.41) is 9.85. The number of thioether (sulfide) groups is 1. The average molecular weight is 405 g/mol. The van der Waals surface area contributed by atoms with Crippen molar-refractivity contribution in [3.05, 3.63) is 30.1 Å². The van der Waals surface area contributed by atoms with E-state index in [9.17, 15) is 4.39 Å². The van der Waals surface area contributed by atoms with Crippen LogP contribution in [-0.2, 0) is 11.3 Å². The lowest BCUT2D eigenvalue weighted by molar-refractivity contribution is 0.0953. The van der Waals surface area contributed by atoms with E-state index in [0.29, 0.717) is 6.04 Å². The normalized spacial score (nSPS) is 23.4. The van der Waals surface area contributed by atoms with Crippen molar-refractivity contribution in [1.82, 2.24) is 19.7 Å². The number of nitrogens with zero attached hydrogens (tertiary/aromatic N) is 4. The van der Waals surface area contributed by atoms with Crippen LogP contribution < -0.4 is 0 Å². The number of benzene rings is 1. The molecule has 0 spiro atoms. The predicted octanol–water partition coefficient (Wildman–Crippen LogP) is 4.23. The lowest BCUT2D eigenvalue weighted by Crippen LogP contribution is -2.36. The molecule has 7 heteroatoms. The average Bonchev–Trinajstić information content (AvgIpc) is 3.35. The van der Waals surface area contributed by atoms with E-state index in [1.54, 1.807) is 23.9 Å². The van der Waals surface area contributed by atoms with Crippen LogP contribution in [0.25, 0.3) is 11.4 Å². The zero-order chi connectivity index (χ0) is 19.3. The Balaban J connectivity index is 1.48. The maximum absolute atomic E-state index is 13.3. The first-order valence-electron chi connectivity index (χ1n) is 10.3.